The molecule has 7 nitrogen and oxygen atoms in total. The van der Waals surface area contributed by atoms with E-state index in [0.717, 1.165) is 12.2 Å². The van der Waals surface area contributed by atoms with Crippen LogP contribution in [0.1, 0.15) is 6.92 Å². The van der Waals surface area contributed by atoms with Gasteiger partial charge in [0.2, 0.25) is 5.91 Å². The third kappa shape index (κ3) is 2.80. The van der Waals surface area contributed by atoms with Crippen molar-refractivity contribution in [1.82, 2.24) is 13.9 Å². The SMILES string of the molecule is CC1NCN(SCC2=C(C(=O)O)N3C(=O)[C@@H](N)[C@H]3SC2)S1. The van der Waals surface area contributed by atoms with Crippen LogP contribution in [0.4, 0.5) is 0 Å². The number of carbonyl (C=O) groups excluding carboxylic acids is 1. The molecule has 3 aliphatic heterocycles. The van der Waals surface area contributed by atoms with Crippen molar-refractivity contribution in [2.24, 2.45) is 5.73 Å². The summed E-state index contributed by atoms with van der Waals surface area (Å²) in [5.41, 5.74) is 6.63. The molecular weight excluding hydrogens is 332 g/mol. The summed E-state index contributed by atoms with van der Waals surface area (Å²) >= 11 is 4.80. The topological polar surface area (TPSA) is 98.9 Å². The largest absolute Gasteiger partial charge is 0.477 e. The third-order valence-corrected chi connectivity index (χ3v) is 7.13. The van der Waals surface area contributed by atoms with Crippen LogP contribution in [-0.2, 0) is 9.59 Å². The van der Waals surface area contributed by atoms with E-state index in [0.29, 0.717) is 16.9 Å². The van der Waals surface area contributed by atoms with Gasteiger partial charge >= 0.3 is 5.97 Å². The second-order valence-corrected chi connectivity index (χ2v) is 8.59. The molecule has 3 heterocycles. The Balaban J connectivity index is 1.72. The van der Waals surface area contributed by atoms with E-state index >= 15 is 0 Å². The Bertz CT molecular complexity index is 515. The summed E-state index contributed by atoms with van der Waals surface area (Å²) in [6.07, 6.45) is 0. The van der Waals surface area contributed by atoms with Crippen molar-refractivity contribution in [2.75, 3.05) is 18.2 Å². The predicted octanol–water partition coefficient (Wildman–Crippen LogP) is 0.0726. The number of rotatable bonds is 4. The molecule has 0 radical (unpaired) electrons. The van der Waals surface area contributed by atoms with Gasteiger partial charge in [-0.1, -0.05) is 11.9 Å². The van der Waals surface area contributed by atoms with Crippen molar-refractivity contribution < 1.29 is 14.7 Å². The summed E-state index contributed by atoms with van der Waals surface area (Å²) in [6, 6.07) is -0.572. The molecule has 21 heavy (non-hydrogen) atoms. The normalized spacial score (nSPS) is 33.1. The minimum absolute atomic E-state index is 0.128. The van der Waals surface area contributed by atoms with Crippen molar-refractivity contribution in [3.8, 4) is 0 Å². The van der Waals surface area contributed by atoms with Crippen molar-refractivity contribution in [2.45, 2.75) is 23.7 Å². The highest BCUT2D eigenvalue weighted by Gasteiger charge is 2.51. The number of fused-ring (bicyclic) bond motifs is 1. The van der Waals surface area contributed by atoms with Gasteiger partial charge in [-0.15, -0.1) is 11.8 Å². The Morgan fingerprint density at radius 1 is 1.62 bits per heavy atom. The minimum Gasteiger partial charge on any atom is -0.477 e. The van der Waals surface area contributed by atoms with Gasteiger partial charge in [-0.3, -0.25) is 15.0 Å². The molecule has 4 N–H and O–H groups in total. The van der Waals surface area contributed by atoms with Crippen LogP contribution in [0.3, 0.4) is 0 Å². The van der Waals surface area contributed by atoms with E-state index in [-0.39, 0.29) is 17.0 Å². The number of carboxylic acids is 1. The highest BCUT2D eigenvalue weighted by molar-refractivity contribution is 8.12. The van der Waals surface area contributed by atoms with E-state index in [1.807, 2.05) is 0 Å². The lowest BCUT2D eigenvalue weighted by molar-refractivity contribution is -0.147. The number of thioether (sulfide) groups is 1. The van der Waals surface area contributed by atoms with Crippen LogP contribution in [0.15, 0.2) is 11.3 Å². The maximum atomic E-state index is 11.8. The lowest BCUT2D eigenvalue weighted by Crippen LogP contribution is -2.68. The van der Waals surface area contributed by atoms with Gasteiger partial charge in [0.25, 0.3) is 0 Å². The fourth-order valence-electron chi connectivity index (χ4n) is 2.37. The molecule has 10 heteroatoms. The molecule has 0 aromatic carbocycles. The van der Waals surface area contributed by atoms with Gasteiger partial charge in [0.15, 0.2) is 0 Å². The van der Waals surface area contributed by atoms with E-state index < -0.39 is 12.0 Å². The smallest absolute Gasteiger partial charge is 0.352 e. The van der Waals surface area contributed by atoms with Crippen LogP contribution < -0.4 is 11.1 Å². The van der Waals surface area contributed by atoms with Gasteiger partial charge < -0.3 is 10.8 Å². The molecule has 116 valence electrons. The molecule has 3 rings (SSSR count). The van der Waals surface area contributed by atoms with Gasteiger partial charge in [0.1, 0.15) is 17.1 Å². The van der Waals surface area contributed by atoms with Crippen molar-refractivity contribution in [1.29, 1.82) is 0 Å². The first-order valence-electron chi connectivity index (χ1n) is 6.45. The number of hydrogen-bond acceptors (Lipinski definition) is 8. The Labute approximate surface area is 135 Å². The zero-order valence-corrected chi connectivity index (χ0v) is 13.8. The summed E-state index contributed by atoms with van der Waals surface area (Å²) in [7, 11) is 0. The summed E-state index contributed by atoms with van der Waals surface area (Å²) in [5.74, 6) is -0.158. The summed E-state index contributed by atoms with van der Waals surface area (Å²) < 4.78 is 2.09. The number of carbonyl (C=O) groups is 2. The molecular formula is C11H16N4O3S3. The van der Waals surface area contributed by atoms with E-state index in [2.05, 4.69) is 16.0 Å². The van der Waals surface area contributed by atoms with Crippen molar-refractivity contribution in [3.05, 3.63) is 11.3 Å². The van der Waals surface area contributed by atoms with Crippen LogP contribution in [0, 0.1) is 0 Å². The number of carboxylic acid groups (broad SMARTS) is 1. The van der Waals surface area contributed by atoms with Crippen molar-refractivity contribution >= 4 is 47.5 Å². The first-order valence-corrected chi connectivity index (χ1v) is 9.28. The number of nitrogens with zero attached hydrogens (tertiary/aromatic N) is 2. The van der Waals surface area contributed by atoms with Crippen LogP contribution in [0.25, 0.3) is 0 Å². The van der Waals surface area contributed by atoms with Gasteiger partial charge in [0.05, 0.1) is 12.0 Å². The number of amides is 1. The number of nitrogens with one attached hydrogen (secondary N) is 1. The first kappa shape index (κ1) is 15.5. The zero-order valence-electron chi connectivity index (χ0n) is 11.3. The lowest BCUT2D eigenvalue weighted by atomic mass is 10.0. The van der Waals surface area contributed by atoms with Gasteiger partial charge in [0, 0.05) is 11.5 Å². The van der Waals surface area contributed by atoms with Gasteiger partial charge in [-0.25, -0.2) is 4.79 Å². The molecule has 3 aliphatic rings. The van der Waals surface area contributed by atoms with Gasteiger partial charge in [-0.05, 0) is 24.4 Å². The fraction of sp³-hybridized carbons (Fsp3) is 0.636. The average Bonchev–Trinajstić information content (AvgIpc) is 2.88. The molecule has 0 aromatic rings. The highest BCUT2D eigenvalue weighted by atomic mass is 32.2. The van der Waals surface area contributed by atoms with Crippen LogP contribution in [-0.4, -0.2) is 60.6 Å². The summed E-state index contributed by atoms with van der Waals surface area (Å²) in [6.45, 7) is 2.84. The number of β-lactam (4-membered cyclic amide) rings is 1. The quantitative estimate of drug-likeness (QED) is 0.481. The lowest BCUT2D eigenvalue weighted by Gasteiger charge is -2.48. The zero-order chi connectivity index (χ0) is 15.1. The summed E-state index contributed by atoms with van der Waals surface area (Å²) in [4.78, 5) is 24.7. The maximum Gasteiger partial charge on any atom is 0.352 e. The third-order valence-electron chi connectivity index (χ3n) is 3.46. The molecule has 0 saturated carbocycles. The molecule has 2 fully saturated rings. The molecule has 3 atom stereocenters. The molecule has 2 saturated heterocycles. The second kappa shape index (κ2) is 6.01. The minimum atomic E-state index is -1.04. The van der Waals surface area contributed by atoms with Crippen LogP contribution in [0.2, 0.25) is 0 Å². The predicted molar refractivity (Wildman–Crippen MR) is 85.1 cm³/mol. The molecule has 0 bridgehead atoms. The fourth-order valence-corrected chi connectivity index (χ4v) is 5.94. The first-order chi connectivity index (χ1) is 9.99. The molecule has 1 unspecified atom stereocenters. The van der Waals surface area contributed by atoms with Crippen LogP contribution >= 0.6 is 35.7 Å². The van der Waals surface area contributed by atoms with Crippen molar-refractivity contribution in [3.63, 3.8) is 0 Å². The standard InChI is InChI=1S/C11H16N4O3S3/c1-5-13-4-14(21-5)20-3-6-2-19-10-7(12)9(16)15(10)8(6)11(17)18/h5,7,10,13H,2-4,12H2,1H3,(H,17,18)/t5?,7-,10-/m1/s1. The van der Waals surface area contributed by atoms with E-state index in [1.54, 1.807) is 35.7 Å². The average molecular weight is 348 g/mol. The summed E-state index contributed by atoms with van der Waals surface area (Å²) in [5, 5.41) is 12.9. The Kier molecular flexibility index (Phi) is 4.44. The molecule has 0 spiro atoms. The van der Waals surface area contributed by atoms with Gasteiger partial charge in [-0.2, -0.15) is 3.71 Å². The number of nitrogens with two attached hydrogens (primary N) is 1. The Morgan fingerprint density at radius 2 is 2.38 bits per heavy atom. The highest BCUT2D eigenvalue weighted by Crippen LogP contribution is 2.41. The number of hydrogen-bond donors (Lipinski definition) is 3. The molecule has 0 aromatic heterocycles. The Morgan fingerprint density at radius 3 is 3.00 bits per heavy atom. The maximum absolute atomic E-state index is 11.8. The molecule has 1 amide bonds. The van der Waals surface area contributed by atoms with E-state index in [9.17, 15) is 14.7 Å². The Hall–Kier alpha value is -0.390. The van der Waals surface area contributed by atoms with E-state index in [1.165, 1.54) is 4.90 Å². The second-order valence-electron chi connectivity index (χ2n) is 4.91. The van der Waals surface area contributed by atoms with E-state index in [4.69, 9.17) is 5.73 Å². The molecule has 0 aliphatic carbocycles. The monoisotopic (exact) mass is 348 g/mol. The number of aliphatic carboxylic acids is 1. The van der Waals surface area contributed by atoms with Crippen LogP contribution in [0.5, 0.6) is 0 Å².